The van der Waals surface area contributed by atoms with Gasteiger partial charge in [0.05, 0.1) is 22.5 Å². The highest BCUT2D eigenvalue weighted by atomic mass is 35.5. The summed E-state index contributed by atoms with van der Waals surface area (Å²) in [6.07, 6.45) is 0.819. The van der Waals surface area contributed by atoms with Gasteiger partial charge in [-0.3, -0.25) is 4.79 Å². The first-order valence-electron chi connectivity index (χ1n) is 3.49. The first-order chi connectivity index (χ1) is 6.19. The van der Waals surface area contributed by atoms with Crippen LogP contribution < -0.4 is 0 Å². The summed E-state index contributed by atoms with van der Waals surface area (Å²) in [6, 6.07) is 4.95. The van der Waals surface area contributed by atoms with Crippen molar-refractivity contribution in [3.63, 3.8) is 0 Å². The van der Waals surface area contributed by atoms with Crippen LogP contribution in [0.5, 0.6) is 0 Å². The summed E-state index contributed by atoms with van der Waals surface area (Å²) in [5.41, 5.74) is 1.02. The highest BCUT2D eigenvalue weighted by molar-refractivity contribution is 6.42. The Morgan fingerprint density at radius 1 is 1.38 bits per heavy atom. The lowest BCUT2D eigenvalue weighted by molar-refractivity contribution is 0.112. The zero-order valence-corrected chi connectivity index (χ0v) is 8.06. The molecule has 0 spiro atoms. The van der Waals surface area contributed by atoms with Crippen LogP contribution >= 0.6 is 23.2 Å². The van der Waals surface area contributed by atoms with Crippen LogP contribution in [0.2, 0.25) is 10.0 Å². The Labute approximate surface area is 85.7 Å². The molecule has 0 bridgehead atoms. The zero-order chi connectivity index (χ0) is 9.84. The van der Waals surface area contributed by atoms with Gasteiger partial charge in [-0.2, -0.15) is 5.26 Å². The second-order valence-electron chi connectivity index (χ2n) is 2.42. The van der Waals surface area contributed by atoms with Crippen LogP contribution in [-0.2, 0) is 6.42 Å². The van der Waals surface area contributed by atoms with Gasteiger partial charge in [-0.25, -0.2) is 0 Å². The Morgan fingerprint density at radius 3 is 2.54 bits per heavy atom. The second-order valence-corrected chi connectivity index (χ2v) is 3.23. The van der Waals surface area contributed by atoms with Crippen LogP contribution in [0, 0.1) is 11.3 Å². The minimum absolute atomic E-state index is 0.158. The Morgan fingerprint density at radius 2 is 2.00 bits per heavy atom. The minimum atomic E-state index is 0.158. The first kappa shape index (κ1) is 10.0. The molecular formula is C9H5Cl2NO. The SMILES string of the molecule is N#CCc1cc(Cl)c(Cl)cc1C=O. The smallest absolute Gasteiger partial charge is 0.150 e. The molecule has 0 aromatic heterocycles. The third-order valence-electron chi connectivity index (χ3n) is 1.58. The molecule has 1 aromatic rings. The number of nitriles is 1. The highest BCUT2D eigenvalue weighted by Crippen LogP contribution is 2.25. The lowest BCUT2D eigenvalue weighted by Crippen LogP contribution is -1.91. The van der Waals surface area contributed by atoms with Gasteiger partial charge < -0.3 is 0 Å². The lowest BCUT2D eigenvalue weighted by Gasteiger charge is -2.02. The van der Waals surface area contributed by atoms with Crippen LogP contribution in [0.1, 0.15) is 15.9 Å². The second kappa shape index (κ2) is 4.27. The summed E-state index contributed by atoms with van der Waals surface area (Å²) >= 11 is 11.4. The van der Waals surface area contributed by atoms with E-state index in [-0.39, 0.29) is 6.42 Å². The van der Waals surface area contributed by atoms with Gasteiger partial charge in [-0.05, 0) is 17.7 Å². The molecule has 0 saturated heterocycles. The van der Waals surface area contributed by atoms with Crippen molar-refractivity contribution in [3.05, 3.63) is 33.3 Å². The fraction of sp³-hybridized carbons (Fsp3) is 0.111. The molecule has 0 atom stereocenters. The Bertz CT molecular complexity index is 382. The van der Waals surface area contributed by atoms with E-state index in [1.54, 1.807) is 0 Å². The molecule has 1 aromatic carbocycles. The van der Waals surface area contributed by atoms with E-state index in [4.69, 9.17) is 28.5 Å². The maximum Gasteiger partial charge on any atom is 0.150 e. The molecule has 1 rings (SSSR count). The van der Waals surface area contributed by atoms with Crippen molar-refractivity contribution in [1.82, 2.24) is 0 Å². The van der Waals surface area contributed by atoms with E-state index in [2.05, 4.69) is 0 Å². The molecule has 13 heavy (non-hydrogen) atoms. The molecule has 0 aliphatic carbocycles. The molecule has 0 N–H and O–H groups in total. The number of hydrogen-bond donors (Lipinski definition) is 0. The third-order valence-corrected chi connectivity index (χ3v) is 2.30. The summed E-state index contributed by atoms with van der Waals surface area (Å²) < 4.78 is 0. The van der Waals surface area contributed by atoms with Crippen molar-refractivity contribution in [2.24, 2.45) is 0 Å². The van der Waals surface area contributed by atoms with Crippen LogP contribution in [-0.4, -0.2) is 6.29 Å². The summed E-state index contributed by atoms with van der Waals surface area (Å²) in [6.45, 7) is 0. The minimum Gasteiger partial charge on any atom is -0.298 e. The average Bonchev–Trinajstić information content (AvgIpc) is 2.11. The summed E-state index contributed by atoms with van der Waals surface area (Å²) in [5, 5.41) is 9.14. The number of benzene rings is 1. The van der Waals surface area contributed by atoms with E-state index < -0.39 is 0 Å². The Hall–Kier alpha value is -1.04. The lowest BCUT2D eigenvalue weighted by atomic mass is 10.1. The molecule has 0 heterocycles. The normalized spacial score (nSPS) is 9.31. The van der Waals surface area contributed by atoms with E-state index in [9.17, 15) is 4.79 Å². The van der Waals surface area contributed by atoms with E-state index >= 15 is 0 Å². The number of hydrogen-bond acceptors (Lipinski definition) is 2. The molecular weight excluding hydrogens is 209 g/mol. The monoisotopic (exact) mass is 213 g/mol. The van der Waals surface area contributed by atoms with E-state index in [0.29, 0.717) is 27.5 Å². The fourth-order valence-corrected chi connectivity index (χ4v) is 1.31. The van der Waals surface area contributed by atoms with Gasteiger partial charge >= 0.3 is 0 Å². The predicted octanol–water partition coefficient (Wildman–Crippen LogP) is 2.87. The Kier molecular flexibility index (Phi) is 3.30. The largest absolute Gasteiger partial charge is 0.298 e. The van der Waals surface area contributed by atoms with E-state index in [1.165, 1.54) is 12.1 Å². The molecule has 0 aliphatic heterocycles. The van der Waals surface area contributed by atoms with Crippen molar-refractivity contribution in [2.75, 3.05) is 0 Å². The Balaban J connectivity index is 3.26. The van der Waals surface area contributed by atoms with Crippen molar-refractivity contribution < 1.29 is 4.79 Å². The number of aldehydes is 1. The molecule has 0 unspecified atom stereocenters. The predicted molar refractivity (Wildman–Crippen MR) is 51.2 cm³/mol. The van der Waals surface area contributed by atoms with Crippen LogP contribution in [0.25, 0.3) is 0 Å². The van der Waals surface area contributed by atoms with Gasteiger partial charge in [0.1, 0.15) is 6.29 Å². The summed E-state index contributed by atoms with van der Waals surface area (Å²) in [5.74, 6) is 0. The van der Waals surface area contributed by atoms with Crippen LogP contribution in [0.4, 0.5) is 0 Å². The molecule has 0 saturated carbocycles. The number of nitrogens with zero attached hydrogens (tertiary/aromatic N) is 1. The number of carbonyl (C=O) groups is 1. The van der Waals surface area contributed by atoms with Gasteiger partial charge in [-0.1, -0.05) is 23.2 Å². The quantitative estimate of drug-likeness (QED) is 0.710. The standard InChI is InChI=1S/C9H5Cl2NO/c10-8-3-6(1-2-12)7(5-13)4-9(8)11/h3-5H,1H2. The van der Waals surface area contributed by atoms with Crippen LogP contribution in [0.15, 0.2) is 12.1 Å². The summed E-state index contributed by atoms with van der Waals surface area (Å²) in [7, 11) is 0. The van der Waals surface area contributed by atoms with Crippen LogP contribution in [0.3, 0.4) is 0 Å². The van der Waals surface area contributed by atoms with Crippen molar-refractivity contribution in [1.29, 1.82) is 5.26 Å². The fourth-order valence-electron chi connectivity index (χ4n) is 0.951. The molecule has 4 heteroatoms. The maximum atomic E-state index is 10.6. The van der Waals surface area contributed by atoms with Gasteiger partial charge in [0.2, 0.25) is 0 Å². The molecule has 2 nitrogen and oxygen atoms in total. The van der Waals surface area contributed by atoms with Gasteiger partial charge in [-0.15, -0.1) is 0 Å². The van der Waals surface area contributed by atoms with Gasteiger partial charge in [0.15, 0.2) is 0 Å². The zero-order valence-electron chi connectivity index (χ0n) is 6.55. The molecule has 0 fully saturated rings. The number of carbonyl (C=O) groups excluding carboxylic acids is 1. The molecule has 0 radical (unpaired) electrons. The third kappa shape index (κ3) is 2.21. The molecule has 66 valence electrons. The summed E-state index contributed by atoms with van der Waals surface area (Å²) in [4.78, 5) is 10.6. The van der Waals surface area contributed by atoms with Gasteiger partial charge in [0, 0.05) is 5.56 Å². The maximum absolute atomic E-state index is 10.6. The van der Waals surface area contributed by atoms with E-state index in [1.807, 2.05) is 6.07 Å². The van der Waals surface area contributed by atoms with Crippen molar-refractivity contribution in [2.45, 2.75) is 6.42 Å². The van der Waals surface area contributed by atoms with Crippen molar-refractivity contribution >= 4 is 29.5 Å². The highest BCUT2D eigenvalue weighted by Gasteiger charge is 2.06. The first-order valence-corrected chi connectivity index (χ1v) is 4.24. The molecule has 0 aliphatic rings. The van der Waals surface area contributed by atoms with Crippen molar-refractivity contribution in [3.8, 4) is 6.07 Å². The van der Waals surface area contributed by atoms with E-state index in [0.717, 1.165) is 0 Å². The number of rotatable bonds is 2. The molecule has 0 amide bonds. The number of halogens is 2. The van der Waals surface area contributed by atoms with Gasteiger partial charge in [0.25, 0.3) is 0 Å². The topological polar surface area (TPSA) is 40.9 Å². The average molecular weight is 214 g/mol.